The Labute approximate surface area is 110 Å². The number of nitrogens with two attached hydrogens (primary N) is 1. The van der Waals surface area contributed by atoms with Crippen molar-refractivity contribution in [2.24, 2.45) is 5.73 Å². The van der Waals surface area contributed by atoms with E-state index in [0.717, 1.165) is 6.07 Å². The van der Waals surface area contributed by atoms with Gasteiger partial charge < -0.3 is 15.2 Å². The minimum atomic E-state index is -4.49. The van der Waals surface area contributed by atoms with Crippen LogP contribution in [0.3, 0.4) is 0 Å². The van der Waals surface area contributed by atoms with Gasteiger partial charge in [-0.1, -0.05) is 6.07 Å². The van der Waals surface area contributed by atoms with Crippen LogP contribution in [-0.2, 0) is 12.6 Å². The Morgan fingerprint density at radius 2 is 1.58 bits per heavy atom. The molecule has 0 saturated carbocycles. The molecule has 0 bridgehead atoms. The van der Waals surface area contributed by atoms with Gasteiger partial charge >= 0.3 is 6.18 Å². The van der Waals surface area contributed by atoms with Gasteiger partial charge in [-0.15, -0.1) is 0 Å². The van der Waals surface area contributed by atoms with Gasteiger partial charge in [-0.25, -0.2) is 0 Å². The van der Waals surface area contributed by atoms with Gasteiger partial charge in [0, 0.05) is 5.54 Å². The number of ether oxygens (including phenoxy) is 2. The summed E-state index contributed by atoms with van der Waals surface area (Å²) < 4.78 is 48.5. The lowest BCUT2D eigenvalue weighted by molar-refractivity contribution is -0.138. The zero-order valence-corrected chi connectivity index (χ0v) is 11.4. The summed E-state index contributed by atoms with van der Waals surface area (Å²) in [5.74, 6) is -0.229. The van der Waals surface area contributed by atoms with E-state index in [0.29, 0.717) is 12.0 Å². The molecule has 0 aliphatic heterocycles. The molecule has 0 aliphatic carbocycles. The lowest BCUT2D eigenvalue weighted by atomic mass is 9.94. The molecule has 0 aliphatic rings. The smallest absolute Gasteiger partial charge is 0.420 e. The van der Waals surface area contributed by atoms with Crippen molar-refractivity contribution in [2.45, 2.75) is 32.0 Å². The number of hydrogen-bond acceptors (Lipinski definition) is 3. The molecule has 0 saturated heterocycles. The van der Waals surface area contributed by atoms with Crippen molar-refractivity contribution >= 4 is 0 Å². The molecule has 1 aromatic carbocycles. The molecule has 0 unspecified atom stereocenters. The molecule has 3 nitrogen and oxygen atoms in total. The number of alkyl halides is 3. The topological polar surface area (TPSA) is 44.5 Å². The Bertz CT molecular complexity index is 450. The van der Waals surface area contributed by atoms with Crippen molar-refractivity contribution < 1.29 is 22.6 Å². The summed E-state index contributed by atoms with van der Waals surface area (Å²) in [6.45, 7) is 3.58. The zero-order chi connectivity index (χ0) is 14.8. The van der Waals surface area contributed by atoms with Crippen molar-refractivity contribution in [3.63, 3.8) is 0 Å². The third-order valence-corrected chi connectivity index (χ3v) is 2.55. The molecule has 0 heterocycles. The summed E-state index contributed by atoms with van der Waals surface area (Å²) >= 11 is 0. The van der Waals surface area contributed by atoms with E-state index in [1.54, 1.807) is 13.8 Å². The van der Waals surface area contributed by atoms with E-state index in [9.17, 15) is 13.2 Å². The summed E-state index contributed by atoms with van der Waals surface area (Å²) in [6, 6.07) is 2.36. The number of halogens is 3. The molecule has 108 valence electrons. The fourth-order valence-electron chi connectivity index (χ4n) is 1.88. The minimum absolute atomic E-state index is 0.0795. The standard InChI is InChI=1S/C13H18F3NO2/c1-12(2,17)7-8-5-6-9(13(14,15)16)11(19-4)10(8)18-3/h5-6H,7,17H2,1-4H3. The Morgan fingerprint density at radius 1 is 1.05 bits per heavy atom. The van der Waals surface area contributed by atoms with Gasteiger partial charge in [0.1, 0.15) is 5.56 Å². The maximum absolute atomic E-state index is 12.9. The Kier molecular flexibility index (Phi) is 4.35. The molecule has 0 amide bonds. The maximum atomic E-state index is 12.9. The second-order valence-corrected chi connectivity index (χ2v) is 5.00. The molecule has 0 atom stereocenters. The first-order valence-electron chi connectivity index (χ1n) is 5.70. The first kappa shape index (κ1) is 15.6. The van der Waals surface area contributed by atoms with Gasteiger partial charge in [0.15, 0.2) is 11.5 Å². The number of benzene rings is 1. The maximum Gasteiger partial charge on any atom is 0.420 e. The lowest BCUT2D eigenvalue weighted by Gasteiger charge is -2.23. The highest BCUT2D eigenvalue weighted by atomic mass is 19.4. The molecule has 1 aromatic rings. The van der Waals surface area contributed by atoms with E-state index in [1.807, 2.05) is 0 Å². The van der Waals surface area contributed by atoms with Crippen LogP contribution in [0.4, 0.5) is 13.2 Å². The first-order valence-corrected chi connectivity index (χ1v) is 5.70. The van der Waals surface area contributed by atoms with Crippen LogP contribution < -0.4 is 15.2 Å². The number of methoxy groups -OCH3 is 2. The molecule has 0 spiro atoms. The zero-order valence-electron chi connectivity index (χ0n) is 11.4. The van der Waals surface area contributed by atoms with Gasteiger partial charge in [-0.2, -0.15) is 13.2 Å². The van der Waals surface area contributed by atoms with E-state index < -0.39 is 17.3 Å². The lowest BCUT2D eigenvalue weighted by Crippen LogP contribution is -2.34. The summed E-state index contributed by atoms with van der Waals surface area (Å²) in [5.41, 5.74) is 5.06. The van der Waals surface area contributed by atoms with Crippen molar-refractivity contribution in [1.82, 2.24) is 0 Å². The van der Waals surface area contributed by atoms with E-state index in [4.69, 9.17) is 15.2 Å². The van der Waals surface area contributed by atoms with Gasteiger partial charge in [-0.05, 0) is 31.9 Å². The summed E-state index contributed by atoms with van der Waals surface area (Å²) in [4.78, 5) is 0. The fourth-order valence-corrected chi connectivity index (χ4v) is 1.88. The van der Waals surface area contributed by atoms with Crippen LogP contribution in [0, 0.1) is 0 Å². The minimum Gasteiger partial charge on any atom is -0.493 e. The molecule has 0 fully saturated rings. The third-order valence-electron chi connectivity index (χ3n) is 2.55. The number of hydrogen-bond donors (Lipinski definition) is 1. The van der Waals surface area contributed by atoms with E-state index >= 15 is 0 Å². The van der Waals surface area contributed by atoms with Crippen molar-refractivity contribution in [3.8, 4) is 11.5 Å². The monoisotopic (exact) mass is 277 g/mol. The Balaban J connectivity index is 3.39. The highest BCUT2D eigenvalue weighted by Crippen LogP contribution is 2.43. The van der Waals surface area contributed by atoms with E-state index in [2.05, 4.69) is 0 Å². The molecule has 0 radical (unpaired) electrons. The molecule has 19 heavy (non-hydrogen) atoms. The van der Waals surface area contributed by atoms with Gasteiger partial charge in [0.25, 0.3) is 0 Å². The molecular formula is C13H18F3NO2. The van der Waals surface area contributed by atoms with Crippen molar-refractivity contribution in [3.05, 3.63) is 23.3 Å². The second kappa shape index (κ2) is 5.28. The Morgan fingerprint density at radius 3 is 1.95 bits per heavy atom. The molecule has 1 rings (SSSR count). The average molecular weight is 277 g/mol. The molecule has 0 aromatic heterocycles. The van der Waals surface area contributed by atoms with Gasteiger partial charge in [-0.3, -0.25) is 0 Å². The predicted molar refractivity (Wildman–Crippen MR) is 66.5 cm³/mol. The van der Waals surface area contributed by atoms with Crippen LogP contribution >= 0.6 is 0 Å². The predicted octanol–water partition coefficient (Wildman–Crippen LogP) is 3.00. The summed E-state index contributed by atoms with van der Waals surface area (Å²) in [6.07, 6.45) is -4.11. The van der Waals surface area contributed by atoms with Gasteiger partial charge in [0.05, 0.1) is 14.2 Å². The highest BCUT2D eigenvalue weighted by Gasteiger charge is 2.36. The molecular weight excluding hydrogens is 259 g/mol. The Hall–Kier alpha value is -1.43. The SMILES string of the molecule is COc1c(CC(C)(C)N)ccc(C(F)(F)F)c1OC. The normalized spacial score (nSPS) is 12.4. The molecule has 2 N–H and O–H groups in total. The number of rotatable bonds is 4. The van der Waals surface area contributed by atoms with Crippen LogP contribution in [0.25, 0.3) is 0 Å². The average Bonchev–Trinajstić information content (AvgIpc) is 2.24. The van der Waals surface area contributed by atoms with Crippen LogP contribution in [0.2, 0.25) is 0 Å². The third kappa shape index (κ3) is 3.76. The second-order valence-electron chi connectivity index (χ2n) is 5.00. The van der Waals surface area contributed by atoms with Crippen molar-refractivity contribution in [1.29, 1.82) is 0 Å². The molecule has 6 heteroatoms. The summed E-state index contributed by atoms with van der Waals surface area (Å²) in [7, 11) is 2.50. The van der Waals surface area contributed by atoms with Crippen molar-refractivity contribution in [2.75, 3.05) is 14.2 Å². The van der Waals surface area contributed by atoms with E-state index in [1.165, 1.54) is 20.3 Å². The summed E-state index contributed by atoms with van der Waals surface area (Å²) in [5, 5.41) is 0. The van der Waals surface area contributed by atoms with Crippen LogP contribution in [0.5, 0.6) is 11.5 Å². The highest BCUT2D eigenvalue weighted by molar-refractivity contribution is 5.53. The largest absolute Gasteiger partial charge is 0.493 e. The first-order chi connectivity index (χ1) is 8.60. The van der Waals surface area contributed by atoms with Crippen LogP contribution in [0.15, 0.2) is 12.1 Å². The van der Waals surface area contributed by atoms with Gasteiger partial charge in [0.2, 0.25) is 0 Å². The fraction of sp³-hybridized carbons (Fsp3) is 0.538. The van der Waals surface area contributed by atoms with Crippen LogP contribution in [-0.4, -0.2) is 19.8 Å². The van der Waals surface area contributed by atoms with Crippen LogP contribution in [0.1, 0.15) is 25.0 Å². The quantitative estimate of drug-likeness (QED) is 0.920. The van der Waals surface area contributed by atoms with E-state index in [-0.39, 0.29) is 11.5 Å².